The molecule has 284 valence electrons. The fourth-order valence-corrected chi connectivity index (χ4v) is 7.67. The van der Waals surface area contributed by atoms with Crippen molar-refractivity contribution >= 4 is 29.4 Å². The molecule has 1 aliphatic rings. The number of carbonyl (C=O) groups is 3. The molecule has 57 heavy (non-hydrogen) atoms. The van der Waals surface area contributed by atoms with E-state index in [1.807, 2.05) is 103 Å². The predicted molar refractivity (Wildman–Crippen MR) is 215 cm³/mol. The summed E-state index contributed by atoms with van der Waals surface area (Å²) in [7, 11) is 0. The standard InChI is InChI=1S/C45H38ClN7O4/c1-2-3-23-38-47-42(46)41(44(56)57-52-39(54)28-29-40(52)55)51(38)30-31-24-26-32(27-25-31)36-21-13-14-22-37(36)43-48-50-53(49-43)45(33-15-7-4-8-16-33,34-17-9-5-10-18-34)35-19-11-6-12-20-35/h4-22,24-27H,2-3,23,28-30H2,1H3. The number of imide groups is 1. The minimum atomic E-state index is -0.916. The molecule has 0 spiro atoms. The molecule has 0 bridgehead atoms. The van der Waals surface area contributed by atoms with Gasteiger partial charge in [0.1, 0.15) is 5.82 Å². The Morgan fingerprint density at radius 2 is 1.28 bits per heavy atom. The van der Waals surface area contributed by atoms with Gasteiger partial charge in [0.2, 0.25) is 5.82 Å². The van der Waals surface area contributed by atoms with Crippen LogP contribution in [0.2, 0.25) is 5.15 Å². The number of amides is 2. The van der Waals surface area contributed by atoms with Gasteiger partial charge in [0, 0.05) is 31.4 Å². The number of hydrogen-bond donors (Lipinski definition) is 0. The number of hydrogen-bond acceptors (Lipinski definition) is 8. The second-order valence-electron chi connectivity index (χ2n) is 13.8. The van der Waals surface area contributed by atoms with Crippen LogP contribution in [0, 0.1) is 0 Å². The van der Waals surface area contributed by atoms with Crippen LogP contribution in [-0.2, 0) is 32.9 Å². The fraction of sp³-hybridized carbons (Fsp3) is 0.178. The van der Waals surface area contributed by atoms with Crippen LogP contribution in [0.1, 0.15) is 71.2 Å². The zero-order valence-corrected chi connectivity index (χ0v) is 31.9. The maximum absolute atomic E-state index is 13.4. The van der Waals surface area contributed by atoms with Crippen LogP contribution < -0.4 is 0 Å². The van der Waals surface area contributed by atoms with Crippen molar-refractivity contribution in [2.45, 2.75) is 51.1 Å². The summed E-state index contributed by atoms with van der Waals surface area (Å²) in [6, 6.07) is 46.5. The highest BCUT2D eigenvalue weighted by molar-refractivity contribution is 6.32. The Bertz CT molecular complexity index is 2430. The molecule has 5 aromatic carbocycles. The second kappa shape index (κ2) is 16.2. The van der Waals surface area contributed by atoms with Gasteiger partial charge in [-0.15, -0.1) is 20.1 Å². The lowest BCUT2D eigenvalue weighted by Gasteiger charge is -2.34. The molecule has 1 fully saturated rings. The van der Waals surface area contributed by atoms with E-state index in [9.17, 15) is 14.4 Å². The van der Waals surface area contributed by atoms with E-state index < -0.39 is 23.3 Å². The van der Waals surface area contributed by atoms with Crippen LogP contribution in [0.15, 0.2) is 140 Å². The lowest BCUT2D eigenvalue weighted by atomic mass is 9.77. The minimum Gasteiger partial charge on any atom is -0.323 e. The third-order valence-electron chi connectivity index (χ3n) is 10.2. The Hall–Kier alpha value is -6.72. The van der Waals surface area contributed by atoms with Gasteiger partial charge < -0.3 is 9.40 Å². The van der Waals surface area contributed by atoms with Crippen molar-refractivity contribution in [2.24, 2.45) is 0 Å². The molecule has 11 nitrogen and oxygen atoms in total. The van der Waals surface area contributed by atoms with Gasteiger partial charge in [-0.05, 0) is 45.0 Å². The average Bonchev–Trinajstić information content (AvgIpc) is 3.96. The smallest absolute Gasteiger partial charge is 0.323 e. The summed E-state index contributed by atoms with van der Waals surface area (Å²) in [6.45, 7) is 2.32. The summed E-state index contributed by atoms with van der Waals surface area (Å²) in [5.74, 6) is -0.986. The van der Waals surface area contributed by atoms with E-state index in [2.05, 4.69) is 53.4 Å². The van der Waals surface area contributed by atoms with Gasteiger partial charge >= 0.3 is 5.97 Å². The van der Waals surface area contributed by atoms with E-state index >= 15 is 0 Å². The highest BCUT2D eigenvalue weighted by Gasteiger charge is 2.41. The number of benzene rings is 5. The van der Waals surface area contributed by atoms with Crippen LogP contribution >= 0.6 is 11.6 Å². The molecule has 1 aliphatic heterocycles. The number of aromatic nitrogens is 6. The molecule has 2 amide bonds. The number of tetrazole rings is 1. The highest BCUT2D eigenvalue weighted by atomic mass is 35.5. The van der Waals surface area contributed by atoms with Gasteiger partial charge in [-0.1, -0.05) is 164 Å². The molecule has 12 heteroatoms. The van der Waals surface area contributed by atoms with E-state index in [0.29, 0.717) is 23.1 Å². The average molecular weight is 776 g/mol. The lowest BCUT2D eigenvalue weighted by molar-refractivity contribution is -0.172. The number of nitrogens with zero attached hydrogens (tertiary/aromatic N) is 7. The summed E-state index contributed by atoms with van der Waals surface area (Å²) in [5, 5.41) is 15.0. The van der Waals surface area contributed by atoms with Gasteiger partial charge in [0.05, 0.1) is 0 Å². The van der Waals surface area contributed by atoms with Gasteiger partial charge in [0.25, 0.3) is 11.8 Å². The zero-order chi connectivity index (χ0) is 39.4. The highest BCUT2D eigenvalue weighted by Crippen LogP contribution is 2.40. The summed E-state index contributed by atoms with van der Waals surface area (Å²) in [6.07, 6.45) is 2.28. The molecule has 3 heterocycles. The van der Waals surface area contributed by atoms with E-state index in [0.717, 1.165) is 51.8 Å². The second-order valence-corrected chi connectivity index (χ2v) is 14.1. The van der Waals surface area contributed by atoms with Crippen LogP contribution in [0.3, 0.4) is 0 Å². The van der Waals surface area contributed by atoms with E-state index in [-0.39, 0.29) is 30.2 Å². The molecule has 0 saturated carbocycles. The zero-order valence-electron chi connectivity index (χ0n) is 31.2. The van der Waals surface area contributed by atoms with E-state index in [1.54, 1.807) is 9.36 Å². The van der Waals surface area contributed by atoms with Crippen molar-refractivity contribution in [2.75, 3.05) is 0 Å². The SMILES string of the molecule is CCCCc1nc(Cl)c(C(=O)ON2C(=O)CCC2=O)n1Cc1ccc(-c2ccccc2-c2nnn(C(c3ccccc3)(c3ccccc3)c3ccccc3)n2)cc1. The first-order valence-electron chi connectivity index (χ1n) is 18.9. The molecular formula is C45H38ClN7O4. The first-order valence-corrected chi connectivity index (χ1v) is 19.2. The number of aryl methyl sites for hydroxylation is 1. The Balaban J connectivity index is 1.14. The number of hydroxylamine groups is 2. The maximum Gasteiger partial charge on any atom is 0.383 e. The van der Waals surface area contributed by atoms with Crippen LogP contribution in [0.4, 0.5) is 0 Å². The van der Waals surface area contributed by atoms with Crippen molar-refractivity contribution < 1.29 is 19.2 Å². The van der Waals surface area contributed by atoms with Crippen molar-refractivity contribution in [3.8, 4) is 22.5 Å². The van der Waals surface area contributed by atoms with Gasteiger partial charge in [0.15, 0.2) is 16.4 Å². The number of unbranched alkanes of at least 4 members (excludes halogenated alkanes) is 1. The fourth-order valence-electron chi connectivity index (χ4n) is 7.39. The van der Waals surface area contributed by atoms with Crippen molar-refractivity contribution in [3.05, 3.63) is 178 Å². The maximum atomic E-state index is 13.4. The number of imidazole rings is 1. The molecule has 0 radical (unpaired) electrons. The first-order chi connectivity index (χ1) is 27.9. The van der Waals surface area contributed by atoms with Crippen LogP contribution in [0.5, 0.6) is 0 Å². The molecule has 1 saturated heterocycles. The first kappa shape index (κ1) is 37.2. The molecule has 7 aromatic rings. The quantitative estimate of drug-likeness (QED) is 0.0847. The van der Waals surface area contributed by atoms with Crippen molar-refractivity contribution in [3.63, 3.8) is 0 Å². The molecule has 0 unspecified atom stereocenters. The van der Waals surface area contributed by atoms with Crippen LogP contribution in [0.25, 0.3) is 22.5 Å². The molecule has 0 N–H and O–H groups in total. The number of carbonyl (C=O) groups excluding carboxylic acids is 3. The number of halogens is 1. The topological polar surface area (TPSA) is 125 Å². The van der Waals surface area contributed by atoms with Gasteiger partial charge in [-0.3, -0.25) is 9.59 Å². The molecule has 2 aromatic heterocycles. The Morgan fingerprint density at radius 1 is 0.737 bits per heavy atom. The predicted octanol–water partition coefficient (Wildman–Crippen LogP) is 8.31. The van der Waals surface area contributed by atoms with Gasteiger partial charge in [-0.2, -0.15) is 0 Å². The summed E-state index contributed by atoms with van der Waals surface area (Å²) in [4.78, 5) is 49.3. The monoisotopic (exact) mass is 775 g/mol. The molecule has 8 rings (SSSR count). The van der Waals surface area contributed by atoms with Gasteiger partial charge in [-0.25, -0.2) is 9.78 Å². The van der Waals surface area contributed by atoms with Crippen molar-refractivity contribution in [1.82, 2.24) is 34.8 Å². The normalized spacial score (nSPS) is 13.0. The third-order valence-corrected chi connectivity index (χ3v) is 10.5. The summed E-state index contributed by atoms with van der Waals surface area (Å²) >= 11 is 6.52. The van der Waals surface area contributed by atoms with E-state index in [4.69, 9.17) is 26.8 Å². The summed E-state index contributed by atoms with van der Waals surface area (Å²) < 4.78 is 1.70. The number of rotatable bonds is 13. The van der Waals surface area contributed by atoms with Crippen LogP contribution in [-0.4, -0.2) is 52.6 Å². The Morgan fingerprint density at radius 3 is 1.84 bits per heavy atom. The Kier molecular flexibility index (Phi) is 10.6. The Labute approximate surface area is 334 Å². The molecular weight excluding hydrogens is 738 g/mol. The van der Waals surface area contributed by atoms with Crippen molar-refractivity contribution in [1.29, 1.82) is 0 Å². The lowest BCUT2D eigenvalue weighted by Crippen LogP contribution is -2.39. The minimum absolute atomic E-state index is 0.0133. The largest absolute Gasteiger partial charge is 0.383 e. The van der Waals surface area contributed by atoms with E-state index in [1.165, 1.54) is 0 Å². The molecule has 0 atom stereocenters. The third kappa shape index (κ3) is 7.13. The summed E-state index contributed by atoms with van der Waals surface area (Å²) in [5.41, 5.74) is 5.54. The molecule has 0 aliphatic carbocycles.